The van der Waals surface area contributed by atoms with E-state index in [9.17, 15) is 9.90 Å². The van der Waals surface area contributed by atoms with Gasteiger partial charge in [-0.1, -0.05) is 17.7 Å². The van der Waals surface area contributed by atoms with Gasteiger partial charge in [-0.3, -0.25) is 4.79 Å². The first-order valence-electron chi connectivity index (χ1n) is 6.67. The van der Waals surface area contributed by atoms with E-state index in [1.54, 1.807) is 18.2 Å². The van der Waals surface area contributed by atoms with E-state index >= 15 is 0 Å². The Morgan fingerprint density at radius 1 is 1.05 bits per heavy atom. The highest BCUT2D eigenvalue weighted by atomic mass is 35.5. The molecule has 0 aliphatic rings. The third-order valence-electron chi connectivity index (χ3n) is 3.22. The van der Waals surface area contributed by atoms with Gasteiger partial charge < -0.3 is 15.0 Å². The van der Waals surface area contributed by atoms with E-state index in [0.29, 0.717) is 10.6 Å². The minimum atomic E-state index is -0.313. The second-order valence-electron chi connectivity index (χ2n) is 4.76. The molecule has 3 aromatic rings. The molecule has 0 saturated heterocycles. The molecule has 0 aliphatic heterocycles. The van der Waals surface area contributed by atoms with Gasteiger partial charge in [0.2, 0.25) is 0 Å². The van der Waals surface area contributed by atoms with Crippen LogP contribution in [0.25, 0.3) is 5.69 Å². The van der Waals surface area contributed by atoms with Gasteiger partial charge in [0.1, 0.15) is 5.75 Å². The number of aromatic nitrogens is 1. The fourth-order valence-corrected chi connectivity index (χ4v) is 2.29. The van der Waals surface area contributed by atoms with Crippen molar-refractivity contribution in [1.82, 2.24) is 4.57 Å². The monoisotopic (exact) mass is 312 g/mol. The van der Waals surface area contributed by atoms with Crippen molar-refractivity contribution < 1.29 is 9.90 Å². The van der Waals surface area contributed by atoms with E-state index < -0.39 is 0 Å². The Bertz CT molecular complexity index is 813. The van der Waals surface area contributed by atoms with Crippen LogP contribution < -0.4 is 5.32 Å². The maximum absolute atomic E-state index is 12.3. The largest absolute Gasteiger partial charge is 0.506 e. The molecule has 0 bridgehead atoms. The van der Waals surface area contributed by atoms with Crippen LogP contribution in [0.3, 0.4) is 0 Å². The molecular formula is C17H13ClN2O2. The maximum atomic E-state index is 12.3. The number of anilines is 1. The van der Waals surface area contributed by atoms with Gasteiger partial charge in [0.25, 0.3) is 5.91 Å². The van der Waals surface area contributed by atoms with Crippen LogP contribution in [0, 0.1) is 0 Å². The van der Waals surface area contributed by atoms with E-state index in [4.69, 9.17) is 11.6 Å². The van der Waals surface area contributed by atoms with Crippen LogP contribution in [0.1, 0.15) is 10.4 Å². The van der Waals surface area contributed by atoms with Crippen molar-refractivity contribution in [2.24, 2.45) is 0 Å². The molecule has 110 valence electrons. The molecule has 2 aromatic carbocycles. The summed E-state index contributed by atoms with van der Waals surface area (Å²) in [6.45, 7) is 0. The summed E-state index contributed by atoms with van der Waals surface area (Å²) in [7, 11) is 0. The number of nitrogens with one attached hydrogen (secondary N) is 1. The van der Waals surface area contributed by atoms with E-state index in [1.165, 1.54) is 12.1 Å². The molecule has 2 N–H and O–H groups in total. The lowest BCUT2D eigenvalue weighted by Gasteiger charge is -2.09. The van der Waals surface area contributed by atoms with Crippen molar-refractivity contribution in [1.29, 1.82) is 0 Å². The highest BCUT2D eigenvalue weighted by Gasteiger charge is 2.10. The van der Waals surface area contributed by atoms with Crippen molar-refractivity contribution in [2.45, 2.75) is 0 Å². The van der Waals surface area contributed by atoms with Crippen LogP contribution in [0.15, 0.2) is 67.0 Å². The number of phenols is 1. The Labute approximate surface area is 132 Å². The second-order valence-corrected chi connectivity index (χ2v) is 5.19. The number of hydrogen-bond acceptors (Lipinski definition) is 2. The fourth-order valence-electron chi connectivity index (χ4n) is 2.12. The van der Waals surface area contributed by atoms with Gasteiger partial charge >= 0.3 is 0 Å². The third kappa shape index (κ3) is 2.97. The SMILES string of the molecule is O=C(Nc1cc(Cl)ccc1O)c1cccc(-n2cccc2)c1. The smallest absolute Gasteiger partial charge is 0.255 e. The van der Waals surface area contributed by atoms with Crippen LogP contribution in [-0.4, -0.2) is 15.6 Å². The zero-order valence-corrected chi connectivity index (χ0v) is 12.3. The summed E-state index contributed by atoms with van der Waals surface area (Å²) in [5, 5.41) is 12.9. The van der Waals surface area contributed by atoms with Gasteiger partial charge in [-0.05, 0) is 48.5 Å². The van der Waals surface area contributed by atoms with E-state index in [-0.39, 0.29) is 17.3 Å². The highest BCUT2D eigenvalue weighted by Crippen LogP contribution is 2.27. The van der Waals surface area contributed by atoms with Gasteiger partial charge in [0.15, 0.2) is 0 Å². The zero-order valence-electron chi connectivity index (χ0n) is 11.5. The lowest BCUT2D eigenvalue weighted by atomic mass is 10.1. The maximum Gasteiger partial charge on any atom is 0.255 e. The number of halogens is 1. The van der Waals surface area contributed by atoms with Gasteiger partial charge in [-0.25, -0.2) is 0 Å². The molecule has 5 heteroatoms. The summed E-state index contributed by atoms with van der Waals surface area (Å²) < 4.78 is 1.91. The fraction of sp³-hybridized carbons (Fsp3) is 0. The summed E-state index contributed by atoms with van der Waals surface area (Å²) in [6.07, 6.45) is 3.81. The minimum Gasteiger partial charge on any atom is -0.506 e. The van der Waals surface area contributed by atoms with Crippen molar-refractivity contribution in [2.75, 3.05) is 5.32 Å². The summed E-state index contributed by atoms with van der Waals surface area (Å²) in [5.74, 6) is -0.342. The number of rotatable bonds is 3. The molecule has 0 spiro atoms. The molecule has 1 aromatic heterocycles. The highest BCUT2D eigenvalue weighted by molar-refractivity contribution is 6.31. The first kappa shape index (κ1) is 14.2. The van der Waals surface area contributed by atoms with Crippen LogP contribution >= 0.6 is 11.6 Å². The lowest BCUT2D eigenvalue weighted by molar-refractivity contribution is 0.102. The van der Waals surface area contributed by atoms with Crippen molar-refractivity contribution in [3.05, 3.63) is 77.6 Å². The zero-order chi connectivity index (χ0) is 15.5. The molecule has 22 heavy (non-hydrogen) atoms. The topological polar surface area (TPSA) is 54.3 Å². The average Bonchev–Trinajstić information content (AvgIpc) is 3.05. The summed E-state index contributed by atoms with van der Waals surface area (Å²) in [5.41, 5.74) is 1.66. The average molecular weight is 313 g/mol. The third-order valence-corrected chi connectivity index (χ3v) is 3.45. The number of aromatic hydroxyl groups is 1. The molecule has 0 fully saturated rings. The molecule has 0 aliphatic carbocycles. The van der Waals surface area contributed by atoms with Gasteiger partial charge in [0, 0.05) is 28.7 Å². The van der Waals surface area contributed by atoms with Gasteiger partial charge in [-0.15, -0.1) is 0 Å². The predicted octanol–water partition coefficient (Wildman–Crippen LogP) is 4.09. The summed E-state index contributed by atoms with van der Waals surface area (Å²) >= 11 is 5.87. The molecular weight excluding hydrogens is 300 g/mol. The van der Waals surface area contributed by atoms with Crippen LogP contribution in [0.2, 0.25) is 5.02 Å². The van der Waals surface area contributed by atoms with Crippen LogP contribution in [-0.2, 0) is 0 Å². The molecule has 3 rings (SSSR count). The first-order chi connectivity index (χ1) is 10.6. The minimum absolute atomic E-state index is 0.0284. The predicted molar refractivity (Wildman–Crippen MR) is 86.8 cm³/mol. The number of hydrogen-bond donors (Lipinski definition) is 2. The summed E-state index contributed by atoms with van der Waals surface area (Å²) in [6, 6.07) is 15.5. The Balaban J connectivity index is 1.86. The molecule has 1 amide bonds. The van der Waals surface area contributed by atoms with E-state index in [2.05, 4.69) is 5.32 Å². The van der Waals surface area contributed by atoms with Gasteiger partial charge in [-0.2, -0.15) is 0 Å². The second kappa shape index (κ2) is 5.95. The number of nitrogens with zero attached hydrogens (tertiary/aromatic N) is 1. The van der Waals surface area contributed by atoms with Crippen LogP contribution in [0.5, 0.6) is 5.75 Å². The Hall–Kier alpha value is -2.72. The van der Waals surface area contributed by atoms with Crippen molar-refractivity contribution in [3.8, 4) is 11.4 Å². The standard InChI is InChI=1S/C17H13ClN2O2/c18-13-6-7-16(21)15(11-13)19-17(22)12-4-3-5-14(10-12)20-8-1-2-9-20/h1-11,21H,(H,19,22). The first-order valence-corrected chi connectivity index (χ1v) is 7.04. The molecule has 1 heterocycles. The van der Waals surface area contributed by atoms with Crippen LogP contribution in [0.4, 0.5) is 5.69 Å². The molecule has 4 nitrogen and oxygen atoms in total. The normalized spacial score (nSPS) is 10.4. The molecule has 0 atom stereocenters. The number of carbonyl (C=O) groups is 1. The van der Waals surface area contributed by atoms with Crippen molar-refractivity contribution >= 4 is 23.2 Å². The van der Waals surface area contributed by atoms with E-state index in [1.807, 2.05) is 41.2 Å². The molecule has 0 saturated carbocycles. The summed E-state index contributed by atoms with van der Waals surface area (Å²) in [4.78, 5) is 12.3. The number of amides is 1. The number of phenolic OH excluding ortho intramolecular Hbond substituents is 1. The Morgan fingerprint density at radius 3 is 2.59 bits per heavy atom. The van der Waals surface area contributed by atoms with E-state index in [0.717, 1.165) is 5.69 Å². The number of carbonyl (C=O) groups excluding carboxylic acids is 1. The Kier molecular flexibility index (Phi) is 3.85. The molecule has 0 unspecified atom stereocenters. The quantitative estimate of drug-likeness (QED) is 0.716. The lowest BCUT2D eigenvalue weighted by Crippen LogP contribution is -2.12. The molecule has 0 radical (unpaired) electrons. The van der Waals surface area contributed by atoms with Gasteiger partial charge in [0.05, 0.1) is 5.69 Å². The Morgan fingerprint density at radius 2 is 1.82 bits per heavy atom. The number of benzene rings is 2. The van der Waals surface area contributed by atoms with Crippen molar-refractivity contribution in [3.63, 3.8) is 0 Å².